The van der Waals surface area contributed by atoms with Gasteiger partial charge in [0.2, 0.25) is 0 Å². The summed E-state index contributed by atoms with van der Waals surface area (Å²) in [7, 11) is 0. The van der Waals surface area contributed by atoms with Gasteiger partial charge in [0.25, 0.3) is 0 Å². The number of halogens is 1. The van der Waals surface area contributed by atoms with Gasteiger partial charge in [-0.15, -0.1) is 0 Å². The van der Waals surface area contributed by atoms with Crippen LogP contribution in [0.15, 0.2) is 30.6 Å². The molecule has 1 aliphatic rings. The van der Waals surface area contributed by atoms with Crippen LogP contribution in [0.3, 0.4) is 0 Å². The molecule has 6 nitrogen and oxygen atoms in total. The largest absolute Gasteiger partial charge is 0.481 e. The van der Waals surface area contributed by atoms with Crippen molar-refractivity contribution in [3.8, 4) is 0 Å². The fourth-order valence-corrected chi connectivity index (χ4v) is 2.89. The molecule has 0 bridgehead atoms. The van der Waals surface area contributed by atoms with E-state index < -0.39 is 18.6 Å². The number of carbonyl (C=O) groups is 1. The maximum Gasteiger partial charge on any atom is 0.312 e. The van der Waals surface area contributed by atoms with Crippen LogP contribution in [0.2, 0.25) is 0 Å². The van der Waals surface area contributed by atoms with Gasteiger partial charge in [0, 0.05) is 13.1 Å². The number of aliphatic carboxylic acids is 1. The third kappa shape index (κ3) is 2.85. The first kappa shape index (κ1) is 14.6. The summed E-state index contributed by atoms with van der Waals surface area (Å²) in [5.74, 6) is -0.731. The number of aromatic nitrogens is 3. The summed E-state index contributed by atoms with van der Waals surface area (Å²) in [6.45, 7) is 1.19. The second kappa shape index (κ2) is 6.23. The highest BCUT2D eigenvalue weighted by Gasteiger charge is 2.30. The van der Waals surface area contributed by atoms with Crippen molar-refractivity contribution in [2.24, 2.45) is 0 Å². The normalized spacial score (nSPS) is 18.1. The minimum Gasteiger partial charge on any atom is -0.481 e. The van der Waals surface area contributed by atoms with Gasteiger partial charge in [0.05, 0.1) is 19.0 Å². The van der Waals surface area contributed by atoms with Crippen molar-refractivity contribution in [1.82, 2.24) is 19.7 Å². The number of rotatable bonds is 5. The Bertz CT molecular complexity index is 673. The lowest BCUT2D eigenvalue weighted by atomic mass is 9.90. The maximum atomic E-state index is 12.5. The Morgan fingerprint density at radius 1 is 1.41 bits per heavy atom. The molecule has 1 atom stereocenters. The molecule has 2 aromatic rings. The number of fused-ring (bicyclic) bond motifs is 1. The predicted molar refractivity (Wildman–Crippen MR) is 76.9 cm³/mol. The summed E-state index contributed by atoms with van der Waals surface area (Å²) in [5, 5.41) is 13.5. The molecule has 2 heterocycles. The van der Waals surface area contributed by atoms with Gasteiger partial charge in [-0.05, 0) is 11.1 Å². The Labute approximate surface area is 127 Å². The van der Waals surface area contributed by atoms with Crippen LogP contribution in [-0.4, -0.2) is 44.0 Å². The zero-order valence-electron chi connectivity index (χ0n) is 12.0. The van der Waals surface area contributed by atoms with Crippen LogP contribution >= 0.6 is 0 Å². The van der Waals surface area contributed by atoms with E-state index in [-0.39, 0.29) is 6.54 Å². The van der Waals surface area contributed by atoms with Crippen molar-refractivity contribution < 1.29 is 14.3 Å². The zero-order valence-corrected chi connectivity index (χ0v) is 12.0. The topological polar surface area (TPSA) is 71.2 Å². The molecule has 1 aromatic heterocycles. The molecular weight excluding hydrogens is 287 g/mol. The van der Waals surface area contributed by atoms with Crippen molar-refractivity contribution in [3.63, 3.8) is 0 Å². The van der Waals surface area contributed by atoms with Crippen LogP contribution < -0.4 is 0 Å². The van der Waals surface area contributed by atoms with Crippen molar-refractivity contribution >= 4 is 5.97 Å². The average Bonchev–Trinajstić information content (AvgIpc) is 2.94. The number of carboxylic acid groups (broad SMARTS) is 1. The van der Waals surface area contributed by atoms with Crippen LogP contribution in [-0.2, 0) is 24.4 Å². The van der Waals surface area contributed by atoms with E-state index in [0.717, 1.165) is 11.1 Å². The Kier molecular flexibility index (Phi) is 4.15. The lowest BCUT2D eigenvalue weighted by molar-refractivity contribution is -0.139. The molecule has 1 aromatic carbocycles. The molecule has 0 saturated heterocycles. The van der Waals surface area contributed by atoms with Crippen molar-refractivity contribution in [2.45, 2.75) is 25.6 Å². The second-order valence-corrected chi connectivity index (χ2v) is 5.35. The Balaban J connectivity index is 1.82. The van der Waals surface area contributed by atoms with Gasteiger partial charge in [0.15, 0.2) is 0 Å². The van der Waals surface area contributed by atoms with E-state index in [1.807, 2.05) is 29.2 Å². The Morgan fingerprint density at radius 2 is 2.23 bits per heavy atom. The first-order valence-electron chi connectivity index (χ1n) is 7.14. The van der Waals surface area contributed by atoms with E-state index in [9.17, 15) is 14.3 Å². The number of hydrogen-bond donors (Lipinski definition) is 1. The van der Waals surface area contributed by atoms with Crippen molar-refractivity contribution in [1.29, 1.82) is 0 Å². The van der Waals surface area contributed by atoms with Crippen molar-refractivity contribution in [3.05, 3.63) is 47.5 Å². The Hall–Kier alpha value is -2.28. The number of benzene rings is 1. The molecule has 116 valence electrons. The molecule has 0 fully saturated rings. The van der Waals surface area contributed by atoms with Crippen molar-refractivity contribution in [2.75, 3.05) is 13.2 Å². The minimum atomic E-state index is -0.831. The summed E-state index contributed by atoms with van der Waals surface area (Å²) in [6.07, 6.45) is 1.40. The number of hydrogen-bond acceptors (Lipinski definition) is 4. The highest BCUT2D eigenvalue weighted by atomic mass is 19.1. The summed E-state index contributed by atoms with van der Waals surface area (Å²) in [5.41, 5.74) is 1.88. The number of carboxylic acids is 1. The highest BCUT2D eigenvalue weighted by molar-refractivity contribution is 5.77. The molecule has 1 aliphatic heterocycles. The van der Waals surface area contributed by atoms with Gasteiger partial charge in [-0.2, -0.15) is 5.10 Å². The van der Waals surface area contributed by atoms with E-state index in [2.05, 4.69) is 10.1 Å². The van der Waals surface area contributed by atoms with E-state index >= 15 is 0 Å². The predicted octanol–water partition coefficient (Wildman–Crippen LogP) is 1.43. The highest BCUT2D eigenvalue weighted by Crippen LogP contribution is 2.29. The average molecular weight is 304 g/mol. The quantitative estimate of drug-likeness (QED) is 0.905. The monoisotopic (exact) mass is 304 g/mol. The molecular formula is C15H17FN4O2. The SMILES string of the molecule is O=C(O)C1CN(Cc2ncnn2CCF)Cc2ccccc21. The lowest BCUT2D eigenvalue weighted by Gasteiger charge is -2.32. The van der Waals surface area contributed by atoms with E-state index in [4.69, 9.17) is 0 Å². The summed E-state index contributed by atoms with van der Waals surface area (Å²) in [4.78, 5) is 17.7. The van der Waals surface area contributed by atoms with Gasteiger partial charge >= 0.3 is 5.97 Å². The second-order valence-electron chi connectivity index (χ2n) is 5.35. The summed E-state index contributed by atoms with van der Waals surface area (Å²) < 4.78 is 14.0. The first-order chi connectivity index (χ1) is 10.7. The standard InChI is InChI=1S/C15H17FN4O2/c16-5-6-20-14(17-10-18-20)9-19-7-11-3-1-2-4-12(11)13(8-19)15(21)22/h1-4,10,13H,5-9H2,(H,21,22). The van der Waals surface area contributed by atoms with Gasteiger partial charge in [0.1, 0.15) is 18.8 Å². The van der Waals surface area contributed by atoms with Gasteiger partial charge in [-0.1, -0.05) is 24.3 Å². The maximum absolute atomic E-state index is 12.5. The van der Waals surface area contributed by atoms with Crippen LogP contribution in [0.1, 0.15) is 22.9 Å². The smallest absolute Gasteiger partial charge is 0.312 e. The molecule has 0 saturated carbocycles. The van der Waals surface area contributed by atoms with Crippen LogP contribution in [0.4, 0.5) is 4.39 Å². The molecule has 0 spiro atoms. The van der Waals surface area contributed by atoms with Gasteiger partial charge in [-0.3, -0.25) is 9.69 Å². The third-order valence-electron chi connectivity index (χ3n) is 3.92. The fourth-order valence-electron chi connectivity index (χ4n) is 2.89. The van der Waals surface area contributed by atoms with Crippen LogP contribution in [0, 0.1) is 0 Å². The van der Waals surface area contributed by atoms with Gasteiger partial charge in [-0.25, -0.2) is 14.1 Å². The molecule has 0 radical (unpaired) electrons. The molecule has 22 heavy (non-hydrogen) atoms. The van der Waals surface area contributed by atoms with Gasteiger partial charge < -0.3 is 5.11 Å². The first-order valence-corrected chi connectivity index (χ1v) is 7.14. The molecule has 3 rings (SSSR count). The Morgan fingerprint density at radius 3 is 3.00 bits per heavy atom. The minimum absolute atomic E-state index is 0.169. The van der Waals surface area contributed by atoms with E-state index in [1.165, 1.54) is 11.0 Å². The third-order valence-corrected chi connectivity index (χ3v) is 3.92. The zero-order chi connectivity index (χ0) is 15.5. The van der Waals surface area contributed by atoms with Crippen LogP contribution in [0.5, 0.6) is 0 Å². The molecule has 1 unspecified atom stereocenters. The lowest BCUT2D eigenvalue weighted by Crippen LogP contribution is -2.37. The number of alkyl halides is 1. The molecule has 0 amide bonds. The van der Waals surface area contributed by atoms with E-state index in [0.29, 0.717) is 25.5 Å². The fraction of sp³-hybridized carbons (Fsp3) is 0.400. The van der Waals surface area contributed by atoms with Crippen LogP contribution in [0.25, 0.3) is 0 Å². The summed E-state index contributed by atoms with van der Waals surface area (Å²) >= 11 is 0. The molecule has 1 N–H and O–H groups in total. The molecule has 0 aliphatic carbocycles. The molecule has 7 heteroatoms. The summed E-state index contributed by atoms with van der Waals surface area (Å²) in [6, 6.07) is 7.59. The number of aryl methyl sites for hydroxylation is 1. The number of nitrogens with zero attached hydrogens (tertiary/aromatic N) is 4. The van der Waals surface area contributed by atoms with E-state index in [1.54, 1.807) is 0 Å².